The summed E-state index contributed by atoms with van der Waals surface area (Å²) in [4.78, 5) is 49.6. The maximum absolute atomic E-state index is 14.3. The molecule has 10 heteroatoms. The molecule has 2 unspecified atom stereocenters. The molecule has 1 spiro atoms. The van der Waals surface area contributed by atoms with Crippen molar-refractivity contribution in [3.8, 4) is 0 Å². The van der Waals surface area contributed by atoms with Gasteiger partial charge in [0, 0.05) is 52.4 Å². The van der Waals surface area contributed by atoms with E-state index in [0.717, 1.165) is 18.7 Å². The van der Waals surface area contributed by atoms with Crippen molar-refractivity contribution >= 4 is 17.7 Å². The fourth-order valence-electron chi connectivity index (χ4n) is 7.17. The number of aliphatic hydroxyl groups excluding tert-OH is 1. The van der Waals surface area contributed by atoms with Crippen molar-refractivity contribution in [3.63, 3.8) is 0 Å². The van der Waals surface area contributed by atoms with Crippen molar-refractivity contribution in [3.05, 3.63) is 61.2 Å². The molecule has 1 aromatic carbocycles. The average molecular weight is 567 g/mol. The summed E-state index contributed by atoms with van der Waals surface area (Å²) in [6.45, 7) is 12.6. The van der Waals surface area contributed by atoms with E-state index in [1.54, 1.807) is 22.0 Å². The largest absolute Gasteiger partial charge is 0.395 e. The Morgan fingerprint density at radius 1 is 1.05 bits per heavy atom. The second-order valence-electron chi connectivity index (χ2n) is 11.3. The predicted molar refractivity (Wildman–Crippen MR) is 152 cm³/mol. The number of aliphatic hydroxyl groups is 1. The number of carbonyl (C=O) groups excluding carboxylic acids is 3. The van der Waals surface area contributed by atoms with Gasteiger partial charge >= 0.3 is 0 Å². The number of likely N-dealkylation sites (tertiary alicyclic amines) is 1. The third-order valence-electron chi connectivity index (χ3n) is 8.99. The van der Waals surface area contributed by atoms with Gasteiger partial charge in [-0.25, -0.2) is 0 Å². The highest BCUT2D eigenvalue weighted by Crippen LogP contribution is 2.58. The summed E-state index contributed by atoms with van der Waals surface area (Å²) >= 11 is 0. The van der Waals surface area contributed by atoms with Gasteiger partial charge in [-0.15, -0.1) is 13.2 Å². The molecule has 0 radical (unpaired) electrons. The van der Waals surface area contributed by atoms with E-state index in [-0.39, 0.29) is 30.9 Å². The molecule has 2 bridgehead atoms. The number of morpholine rings is 1. The number of amides is 3. The molecule has 3 amide bonds. The number of nitrogens with zero attached hydrogens (tertiary/aromatic N) is 4. The molecule has 10 nitrogen and oxygen atoms in total. The first kappa shape index (κ1) is 29.4. The normalized spacial score (nSPS) is 28.9. The van der Waals surface area contributed by atoms with Crippen molar-refractivity contribution in [2.45, 2.75) is 37.1 Å². The van der Waals surface area contributed by atoms with E-state index < -0.39 is 29.6 Å². The van der Waals surface area contributed by atoms with Crippen molar-refractivity contribution in [2.75, 3.05) is 65.6 Å². The molecular formula is C31H42N4O6. The van der Waals surface area contributed by atoms with Crippen molar-refractivity contribution in [1.29, 1.82) is 0 Å². The molecular weight excluding hydrogens is 524 g/mol. The van der Waals surface area contributed by atoms with Gasteiger partial charge in [-0.2, -0.15) is 0 Å². The minimum Gasteiger partial charge on any atom is -0.395 e. The highest BCUT2D eigenvalue weighted by atomic mass is 16.5. The molecule has 1 aromatic rings. The fourth-order valence-corrected chi connectivity index (χ4v) is 7.17. The fraction of sp³-hybridized carbons (Fsp3) is 0.581. The Kier molecular flexibility index (Phi) is 9.23. The van der Waals surface area contributed by atoms with E-state index in [2.05, 4.69) is 18.1 Å². The van der Waals surface area contributed by atoms with E-state index >= 15 is 0 Å². The zero-order valence-corrected chi connectivity index (χ0v) is 23.7. The van der Waals surface area contributed by atoms with Crippen molar-refractivity contribution in [1.82, 2.24) is 19.6 Å². The molecule has 4 fully saturated rings. The summed E-state index contributed by atoms with van der Waals surface area (Å²) in [7, 11) is 0. The second kappa shape index (κ2) is 12.9. The smallest absolute Gasteiger partial charge is 0.248 e. The lowest BCUT2D eigenvalue weighted by molar-refractivity contribution is -0.149. The Balaban J connectivity index is 1.41. The van der Waals surface area contributed by atoms with Crippen LogP contribution in [0.25, 0.3) is 0 Å². The maximum Gasteiger partial charge on any atom is 0.248 e. The van der Waals surface area contributed by atoms with Gasteiger partial charge in [0.15, 0.2) is 0 Å². The third-order valence-corrected chi connectivity index (χ3v) is 8.99. The predicted octanol–water partition coefficient (Wildman–Crippen LogP) is 0.915. The van der Waals surface area contributed by atoms with Gasteiger partial charge in [0.05, 0.1) is 37.8 Å². The highest BCUT2D eigenvalue weighted by Gasteiger charge is 2.74. The van der Waals surface area contributed by atoms with Crippen LogP contribution >= 0.6 is 0 Å². The Morgan fingerprint density at radius 3 is 2.44 bits per heavy atom. The summed E-state index contributed by atoms with van der Waals surface area (Å²) in [6, 6.07) is 8.81. The van der Waals surface area contributed by atoms with Gasteiger partial charge in [-0.1, -0.05) is 42.5 Å². The zero-order valence-electron chi connectivity index (χ0n) is 23.7. The standard InChI is InChI=1S/C31H42N4O6/c1-3-12-33(15-14-32-17-20-40-21-18-32)30(39)27-31-11-10-24(41-31)25(26(31)29(38)35(27)16-19-36)28(37)34(13-4-2)22-23-8-6-5-7-9-23/h3-9,24-27,36H,1-2,10-22H2/t24-,25+,26+,27?,31?/m1/s1. The minimum absolute atomic E-state index is 0.00814. The van der Waals surface area contributed by atoms with Crippen LogP contribution in [-0.2, 0) is 30.4 Å². The number of hydrogen-bond donors (Lipinski definition) is 1. The van der Waals surface area contributed by atoms with Gasteiger partial charge in [0.2, 0.25) is 17.7 Å². The highest BCUT2D eigenvalue weighted by molar-refractivity contribution is 5.99. The third kappa shape index (κ3) is 5.58. The van der Waals surface area contributed by atoms with E-state index in [0.29, 0.717) is 58.8 Å². The van der Waals surface area contributed by atoms with Crippen LogP contribution in [0.5, 0.6) is 0 Å². The number of ether oxygens (including phenoxy) is 2. The first-order chi connectivity index (χ1) is 19.9. The quantitative estimate of drug-likeness (QED) is 0.354. The number of rotatable bonds is 13. The van der Waals surface area contributed by atoms with Gasteiger partial charge in [0.1, 0.15) is 11.6 Å². The molecule has 4 aliphatic heterocycles. The van der Waals surface area contributed by atoms with Crippen LogP contribution in [0.2, 0.25) is 0 Å². The lowest BCUT2D eigenvalue weighted by atomic mass is 9.70. The number of carbonyl (C=O) groups is 3. The van der Waals surface area contributed by atoms with Crippen LogP contribution in [0.4, 0.5) is 0 Å². The minimum atomic E-state index is -1.10. The van der Waals surface area contributed by atoms with E-state index in [1.165, 1.54) is 4.90 Å². The SMILES string of the molecule is C=CCN(CCN1CCOCC1)C(=O)C1N(CCO)C(=O)[C@@H]2[C@@H](C(=O)N(CC=C)Cc3ccccc3)[C@H]3CCC12O3. The zero-order chi connectivity index (χ0) is 29.0. The molecule has 0 saturated carbocycles. The molecule has 4 saturated heterocycles. The summed E-state index contributed by atoms with van der Waals surface area (Å²) in [6.07, 6.45) is 4.05. The summed E-state index contributed by atoms with van der Waals surface area (Å²) < 4.78 is 12.0. The van der Waals surface area contributed by atoms with E-state index in [9.17, 15) is 19.5 Å². The Hall–Kier alpha value is -3.05. The van der Waals surface area contributed by atoms with Crippen LogP contribution in [0.15, 0.2) is 55.6 Å². The topological polar surface area (TPSA) is 103 Å². The van der Waals surface area contributed by atoms with Crippen LogP contribution in [-0.4, -0.2) is 126 Å². The summed E-state index contributed by atoms with van der Waals surface area (Å²) in [5.74, 6) is -2.14. The molecule has 1 N–H and O–H groups in total. The Morgan fingerprint density at radius 2 is 1.76 bits per heavy atom. The van der Waals surface area contributed by atoms with Gasteiger partial charge in [0.25, 0.3) is 0 Å². The van der Waals surface area contributed by atoms with Gasteiger partial charge in [-0.3, -0.25) is 19.3 Å². The summed E-state index contributed by atoms with van der Waals surface area (Å²) in [5, 5.41) is 9.91. The number of benzene rings is 1. The lowest BCUT2D eigenvalue weighted by Crippen LogP contribution is -2.57. The number of hydrogen-bond acceptors (Lipinski definition) is 7. The van der Waals surface area contributed by atoms with E-state index in [4.69, 9.17) is 9.47 Å². The Bertz CT molecular complexity index is 1120. The molecule has 222 valence electrons. The average Bonchev–Trinajstić information content (AvgIpc) is 3.63. The first-order valence-electron chi connectivity index (χ1n) is 14.7. The molecule has 4 heterocycles. The van der Waals surface area contributed by atoms with Crippen molar-refractivity contribution in [2.24, 2.45) is 11.8 Å². The molecule has 4 aliphatic rings. The lowest BCUT2D eigenvalue weighted by Gasteiger charge is -2.37. The second-order valence-corrected chi connectivity index (χ2v) is 11.3. The first-order valence-corrected chi connectivity index (χ1v) is 14.7. The van der Waals surface area contributed by atoms with Crippen molar-refractivity contribution < 1.29 is 29.0 Å². The summed E-state index contributed by atoms with van der Waals surface area (Å²) in [5.41, 5.74) is -0.117. The van der Waals surface area contributed by atoms with Crippen LogP contribution in [0, 0.1) is 11.8 Å². The van der Waals surface area contributed by atoms with Crippen LogP contribution in [0.1, 0.15) is 18.4 Å². The number of β-amino-alcohol motifs (C(OH)–C–C–N with tert-alkyl or cyclic N) is 1. The molecule has 41 heavy (non-hydrogen) atoms. The monoisotopic (exact) mass is 566 g/mol. The van der Waals surface area contributed by atoms with Crippen LogP contribution in [0.3, 0.4) is 0 Å². The maximum atomic E-state index is 14.3. The van der Waals surface area contributed by atoms with Gasteiger partial charge < -0.3 is 29.3 Å². The number of fused-ring (bicyclic) bond motifs is 1. The van der Waals surface area contributed by atoms with E-state index in [1.807, 2.05) is 30.3 Å². The molecule has 0 aliphatic carbocycles. The molecule has 0 aromatic heterocycles. The molecule has 5 rings (SSSR count). The Labute approximate surface area is 242 Å². The van der Waals surface area contributed by atoms with Crippen LogP contribution < -0.4 is 0 Å². The molecule has 5 atom stereocenters. The van der Waals surface area contributed by atoms with Gasteiger partial charge in [-0.05, 0) is 18.4 Å².